The number of aromatic nitrogens is 3. The molecule has 1 aromatic carbocycles. The van der Waals surface area contributed by atoms with Crippen molar-refractivity contribution in [2.45, 2.75) is 13.1 Å². The molecule has 0 unspecified atom stereocenters. The van der Waals surface area contributed by atoms with Crippen LogP contribution in [0.2, 0.25) is 5.02 Å². The molecule has 6 nitrogen and oxygen atoms in total. The Morgan fingerprint density at radius 3 is 3.00 bits per heavy atom. The first kappa shape index (κ1) is 12.0. The molecule has 1 aliphatic rings. The van der Waals surface area contributed by atoms with Crippen LogP contribution in [0.25, 0.3) is 0 Å². The van der Waals surface area contributed by atoms with Gasteiger partial charge >= 0.3 is 0 Å². The van der Waals surface area contributed by atoms with Crippen LogP contribution in [0.3, 0.4) is 0 Å². The molecular formula is C12H12ClN5O. The van der Waals surface area contributed by atoms with Gasteiger partial charge in [0.05, 0.1) is 17.1 Å². The molecule has 3 rings (SSSR count). The maximum Gasteiger partial charge on any atom is 0.255 e. The van der Waals surface area contributed by atoms with Crippen molar-refractivity contribution in [1.29, 1.82) is 0 Å². The highest BCUT2D eigenvalue weighted by atomic mass is 35.5. The number of halogens is 1. The first-order valence-electron chi connectivity index (χ1n) is 5.86. The fourth-order valence-corrected chi connectivity index (χ4v) is 2.38. The standard InChI is InChI=1S/C12H12ClN5O/c13-10-5-8(14)1-2-9(10)12(19)17-3-4-18-7-15-16-11(18)6-17/h1-2,5,7H,3-4,6,14H2. The van der Waals surface area contributed by atoms with Crippen LogP contribution in [0.5, 0.6) is 0 Å². The minimum absolute atomic E-state index is 0.112. The van der Waals surface area contributed by atoms with Gasteiger partial charge < -0.3 is 15.2 Å². The molecule has 0 saturated heterocycles. The van der Waals surface area contributed by atoms with E-state index in [0.717, 1.165) is 5.82 Å². The summed E-state index contributed by atoms with van der Waals surface area (Å²) in [5, 5.41) is 8.19. The van der Waals surface area contributed by atoms with Crippen molar-refractivity contribution in [3.05, 3.63) is 40.9 Å². The predicted octanol–water partition coefficient (Wildman–Crippen LogP) is 1.17. The van der Waals surface area contributed by atoms with Gasteiger partial charge in [-0.05, 0) is 18.2 Å². The minimum Gasteiger partial charge on any atom is -0.399 e. The predicted molar refractivity (Wildman–Crippen MR) is 70.6 cm³/mol. The molecule has 0 bridgehead atoms. The molecule has 1 amide bonds. The van der Waals surface area contributed by atoms with Crippen LogP contribution in [-0.2, 0) is 13.1 Å². The van der Waals surface area contributed by atoms with Gasteiger partial charge in [0.2, 0.25) is 0 Å². The Balaban J connectivity index is 1.85. The third-order valence-electron chi connectivity index (χ3n) is 3.15. The van der Waals surface area contributed by atoms with E-state index in [0.29, 0.717) is 35.9 Å². The number of rotatable bonds is 1. The fourth-order valence-electron chi connectivity index (χ4n) is 2.11. The molecular weight excluding hydrogens is 266 g/mol. The summed E-state index contributed by atoms with van der Waals surface area (Å²) in [6.45, 7) is 1.75. The summed E-state index contributed by atoms with van der Waals surface area (Å²) >= 11 is 6.06. The molecule has 7 heteroatoms. The molecule has 1 aliphatic heterocycles. The second-order valence-electron chi connectivity index (χ2n) is 4.41. The second kappa shape index (κ2) is 4.55. The van der Waals surface area contributed by atoms with Gasteiger partial charge in [0.25, 0.3) is 5.91 Å². The van der Waals surface area contributed by atoms with E-state index < -0.39 is 0 Å². The summed E-state index contributed by atoms with van der Waals surface area (Å²) in [5.41, 5.74) is 6.63. The largest absolute Gasteiger partial charge is 0.399 e. The first-order chi connectivity index (χ1) is 9.15. The number of nitrogen functional groups attached to an aromatic ring is 1. The Morgan fingerprint density at radius 2 is 2.21 bits per heavy atom. The van der Waals surface area contributed by atoms with Crippen molar-refractivity contribution in [3.63, 3.8) is 0 Å². The van der Waals surface area contributed by atoms with E-state index in [1.165, 1.54) is 0 Å². The summed E-state index contributed by atoms with van der Waals surface area (Å²) in [6.07, 6.45) is 1.67. The third kappa shape index (κ3) is 2.15. The average molecular weight is 278 g/mol. The lowest BCUT2D eigenvalue weighted by molar-refractivity contribution is 0.0707. The summed E-state index contributed by atoms with van der Waals surface area (Å²) in [4.78, 5) is 14.1. The van der Waals surface area contributed by atoms with Gasteiger partial charge in [-0.25, -0.2) is 0 Å². The number of amides is 1. The van der Waals surface area contributed by atoms with Crippen LogP contribution >= 0.6 is 11.6 Å². The van der Waals surface area contributed by atoms with Gasteiger partial charge in [-0.2, -0.15) is 0 Å². The maximum absolute atomic E-state index is 12.4. The molecule has 0 saturated carbocycles. The molecule has 2 heterocycles. The Labute approximate surface area is 114 Å². The summed E-state index contributed by atoms with van der Waals surface area (Å²) in [5.74, 6) is 0.672. The highest BCUT2D eigenvalue weighted by Gasteiger charge is 2.24. The molecule has 0 aliphatic carbocycles. The quantitative estimate of drug-likeness (QED) is 0.794. The Morgan fingerprint density at radius 1 is 1.37 bits per heavy atom. The lowest BCUT2D eigenvalue weighted by Gasteiger charge is -2.27. The SMILES string of the molecule is Nc1ccc(C(=O)N2CCn3cnnc3C2)c(Cl)c1. The summed E-state index contributed by atoms with van der Waals surface area (Å²) in [6, 6.07) is 4.91. The zero-order chi connectivity index (χ0) is 13.4. The Bertz CT molecular complexity index is 639. The number of carbonyl (C=O) groups excluding carboxylic acids is 1. The molecule has 1 aromatic heterocycles. The van der Waals surface area contributed by atoms with E-state index in [-0.39, 0.29) is 5.91 Å². The molecule has 0 fully saturated rings. The van der Waals surface area contributed by atoms with E-state index in [1.54, 1.807) is 29.4 Å². The monoisotopic (exact) mass is 277 g/mol. The number of carbonyl (C=O) groups is 1. The van der Waals surface area contributed by atoms with E-state index in [4.69, 9.17) is 17.3 Å². The van der Waals surface area contributed by atoms with E-state index in [9.17, 15) is 4.79 Å². The van der Waals surface area contributed by atoms with Crippen LogP contribution < -0.4 is 5.73 Å². The van der Waals surface area contributed by atoms with E-state index in [1.807, 2.05) is 4.57 Å². The maximum atomic E-state index is 12.4. The topological polar surface area (TPSA) is 77.0 Å². The molecule has 2 N–H and O–H groups in total. The van der Waals surface area contributed by atoms with Crippen LogP contribution in [0.15, 0.2) is 24.5 Å². The number of hydrogen-bond acceptors (Lipinski definition) is 4. The minimum atomic E-state index is -0.112. The number of nitrogens with two attached hydrogens (primary N) is 1. The van der Waals surface area contributed by atoms with Crippen molar-refractivity contribution in [1.82, 2.24) is 19.7 Å². The summed E-state index contributed by atoms with van der Waals surface area (Å²) in [7, 11) is 0. The molecule has 2 aromatic rings. The van der Waals surface area contributed by atoms with Crippen molar-refractivity contribution in [2.75, 3.05) is 12.3 Å². The number of fused-ring (bicyclic) bond motifs is 1. The number of benzene rings is 1. The van der Waals surface area contributed by atoms with E-state index in [2.05, 4.69) is 10.2 Å². The highest BCUT2D eigenvalue weighted by molar-refractivity contribution is 6.34. The molecule has 0 atom stereocenters. The smallest absolute Gasteiger partial charge is 0.255 e. The Hall–Kier alpha value is -2.08. The van der Waals surface area contributed by atoms with Crippen LogP contribution in [0, 0.1) is 0 Å². The van der Waals surface area contributed by atoms with Gasteiger partial charge in [0.1, 0.15) is 6.33 Å². The van der Waals surface area contributed by atoms with Crippen LogP contribution in [0.4, 0.5) is 5.69 Å². The van der Waals surface area contributed by atoms with Crippen molar-refractivity contribution in [2.24, 2.45) is 0 Å². The number of hydrogen-bond donors (Lipinski definition) is 1. The van der Waals surface area contributed by atoms with Gasteiger partial charge in [-0.1, -0.05) is 11.6 Å². The number of nitrogens with zero attached hydrogens (tertiary/aromatic N) is 4. The first-order valence-corrected chi connectivity index (χ1v) is 6.24. The third-order valence-corrected chi connectivity index (χ3v) is 3.46. The van der Waals surface area contributed by atoms with Gasteiger partial charge in [-0.15, -0.1) is 10.2 Å². The lowest BCUT2D eigenvalue weighted by atomic mass is 10.1. The second-order valence-corrected chi connectivity index (χ2v) is 4.81. The average Bonchev–Trinajstić information content (AvgIpc) is 2.85. The van der Waals surface area contributed by atoms with Gasteiger partial charge in [-0.3, -0.25) is 4.79 Å². The normalized spacial score (nSPS) is 14.3. The molecule has 0 radical (unpaired) electrons. The Kier molecular flexibility index (Phi) is 2.87. The highest BCUT2D eigenvalue weighted by Crippen LogP contribution is 2.22. The fraction of sp³-hybridized carbons (Fsp3) is 0.250. The van der Waals surface area contributed by atoms with Crippen molar-refractivity contribution in [3.8, 4) is 0 Å². The van der Waals surface area contributed by atoms with Gasteiger partial charge in [0, 0.05) is 18.8 Å². The molecule has 19 heavy (non-hydrogen) atoms. The number of anilines is 1. The van der Waals surface area contributed by atoms with Crippen LogP contribution in [-0.4, -0.2) is 32.1 Å². The van der Waals surface area contributed by atoms with Crippen LogP contribution in [0.1, 0.15) is 16.2 Å². The zero-order valence-electron chi connectivity index (χ0n) is 10.1. The van der Waals surface area contributed by atoms with Crippen molar-refractivity contribution < 1.29 is 4.79 Å². The zero-order valence-corrected chi connectivity index (χ0v) is 10.8. The van der Waals surface area contributed by atoms with Gasteiger partial charge in [0.15, 0.2) is 5.82 Å². The molecule has 0 spiro atoms. The summed E-state index contributed by atoms with van der Waals surface area (Å²) < 4.78 is 1.94. The van der Waals surface area contributed by atoms with Crippen molar-refractivity contribution >= 4 is 23.2 Å². The lowest BCUT2D eigenvalue weighted by Crippen LogP contribution is -2.38. The van der Waals surface area contributed by atoms with E-state index >= 15 is 0 Å². The molecule has 98 valence electrons.